The highest BCUT2D eigenvalue weighted by Gasteiger charge is 2.06. The number of rotatable bonds is 3. The van der Waals surface area contributed by atoms with E-state index in [0.717, 1.165) is 4.47 Å². The third-order valence-electron chi connectivity index (χ3n) is 2.10. The van der Waals surface area contributed by atoms with Crippen LogP contribution in [0.1, 0.15) is 15.2 Å². The molecule has 18 heavy (non-hydrogen) atoms. The Morgan fingerprint density at radius 3 is 2.50 bits per heavy atom. The van der Waals surface area contributed by atoms with Crippen LogP contribution >= 0.6 is 50.5 Å². The number of carbonyl (C=O) groups excluding carboxylic acids is 1. The van der Waals surface area contributed by atoms with E-state index in [1.807, 2.05) is 12.1 Å². The van der Waals surface area contributed by atoms with Gasteiger partial charge in [-0.3, -0.25) is 4.79 Å². The number of halogens is 3. The van der Waals surface area contributed by atoms with Gasteiger partial charge in [-0.1, -0.05) is 39.1 Å². The molecule has 0 amide bonds. The fraction of sp³-hybridized carbons (Fsp3) is 0. The maximum Gasteiger partial charge on any atom is 0.185 e. The van der Waals surface area contributed by atoms with Crippen molar-refractivity contribution in [1.29, 1.82) is 0 Å². The van der Waals surface area contributed by atoms with Gasteiger partial charge in [0.1, 0.15) is 5.15 Å². The van der Waals surface area contributed by atoms with Crippen LogP contribution in [0.15, 0.2) is 34.8 Å². The third-order valence-corrected chi connectivity index (χ3v) is 4.15. The Balaban J connectivity index is 2.16. The second-order valence-electron chi connectivity index (χ2n) is 3.33. The van der Waals surface area contributed by atoms with Crippen molar-refractivity contribution in [3.05, 3.63) is 54.9 Å². The molecule has 0 spiro atoms. The number of ketones is 1. The van der Waals surface area contributed by atoms with Gasteiger partial charge >= 0.3 is 0 Å². The summed E-state index contributed by atoms with van der Waals surface area (Å²) in [6.07, 6.45) is 3.08. The average Bonchev–Trinajstić information content (AvgIpc) is 2.66. The predicted molar refractivity (Wildman–Crippen MR) is 79.6 cm³/mol. The van der Waals surface area contributed by atoms with Crippen molar-refractivity contribution >= 4 is 62.3 Å². The number of aromatic nitrogens is 1. The Hall–Kier alpha value is -0.680. The van der Waals surface area contributed by atoms with Crippen molar-refractivity contribution < 1.29 is 4.79 Å². The van der Waals surface area contributed by atoms with E-state index in [-0.39, 0.29) is 5.78 Å². The van der Waals surface area contributed by atoms with Crippen LogP contribution in [0.25, 0.3) is 6.08 Å². The lowest BCUT2D eigenvalue weighted by Gasteiger charge is -1.95. The summed E-state index contributed by atoms with van der Waals surface area (Å²) in [5.74, 6) is -0.0944. The van der Waals surface area contributed by atoms with Gasteiger partial charge in [0.2, 0.25) is 0 Å². The average molecular weight is 363 g/mol. The molecule has 0 unspecified atom stereocenters. The molecule has 2 nitrogen and oxygen atoms in total. The Labute approximate surface area is 126 Å². The second kappa shape index (κ2) is 5.97. The van der Waals surface area contributed by atoms with Crippen molar-refractivity contribution in [3.8, 4) is 0 Å². The van der Waals surface area contributed by atoms with E-state index in [2.05, 4.69) is 20.9 Å². The highest BCUT2D eigenvalue weighted by molar-refractivity contribution is 9.10. The molecule has 1 heterocycles. The molecule has 0 saturated carbocycles. The molecule has 0 bridgehead atoms. The Kier molecular flexibility index (Phi) is 4.56. The van der Waals surface area contributed by atoms with E-state index >= 15 is 0 Å². The summed E-state index contributed by atoms with van der Waals surface area (Å²) in [5, 5.41) is 0.310. The number of hydrogen-bond donors (Lipinski definition) is 0. The summed E-state index contributed by atoms with van der Waals surface area (Å²) in [4.78, 5) is 16.4. The molecular formula is C12H6BrCl2NOS. The van der Waals surface area contributed by atoms with Crippen LogP contribution in [0.5, 0.6) is 0 Å². The molecule has 0 aliphatic heterocycles. The van der Waals surface area contributed by atoms with Crippen molar-refractivity contribution in [3.63, 3.8) is 0 Å². The van der Waals surface area contributed by atoms with Crippen molar-refractivity contribution in [2.45, 2.75) is 0 Å². The van der Waals surface area contributed by atoms with Crippen molar-refractivity contribution in [2.24, 2.45) is 0 Å². The quantitative estimate of drug-likeness (QED) is 0.561. The number of hydrogen-bond acceptors (Lipinski definition) is 3. The lowest BCUT2D eigenvalue weighted by molar-refractivity contribution is 0.104. The maximum atomic E-state index is 11.9. The first kappa shape index (κ1) is 13.7. The molecular weight excluding hydrogens is 357 g/mol. The molecule has 6 heteroatoms. The highest BCUT2D eigenvalue weighted by Crippen LogP contribution is 2.27. The first-order valence-electron chi connectivity index (χ1n) is 4.86. The van der Waals surface area contributed by atoms with Crippen LogP contribution < -0.4 is 0 Å². The summed E-state index contributed by atoms with van der Waals surface area (Å²) < 4.78 is 1.29. The molecule has 0 N–H and O–H groups in total. The number of carbonyl (C=O) groups is 1. The van der Waals surface area contributed by atoms with E-state index in [9.17, 15) is 4.79 Å². The molecule has 0 saturated heterocycles. The molecule has 0 atom stereocenters. The normalized spacial score (nSPS) is 11.1. The van der Waals surface area contributed by atoms with Crippen LogP contribution in [0, 0.1) is 0 Å². The summed E-state index contributed by atoms with van der Waals surface area (Å²) in [6.45, 7) is 0. The molecule has 2 rings (SSSR count). The van der Waals surface area contributed by atoms with Crippen LogP contribution in [0.2, 0.25) is 9.62 Å². The summed E-state index contributed by atoms with van der Waals surface area (Å²) in [6, 6.07) is 7.13. The minimum Gasteiger partial charge on any atom is -0.289 e. The fourth-order valence-electron chi connectivity index (χ4n) is 1.25. The van der Waals surface area contributed by atoms with Gasteiger partial charge in [-0.15, -0.1) is 11.3 Å². The standard InChI is InChI=1S/C12H6BrCl2NOS/c13-8-3-1-7(2-4-8)9(17)5-6-10-11(14)16-12(15)18-10/h1-6H/b6-5+. The monoisotopic (exact) mass is 361 g/mol. The largest absolute Gasteiger partial charge is 0.289 e. The number of thiazole rings is 1. The zero-order valence-electron chi connectivity index (χ0n) is 8.86. The van der Waals surface area contributed by atoms with Gasteiger partial charge in [-0.25, -0.2) is 4.98 Å². The Bertz CT molecular complexity index is 607. The van der Waals surface area contributed by atoms with Gasteiger partial charge in [-0.05, 0) is 36.4 Å². The minimum absolute atomic E-state index is 0.0944. The molecule has 0 radical (unpaired) electrons. The van der Waals surface area contributed by atoms with Crippen LogP contribution in [0.4, 0.5) is 0 Å². The smallest absolute Gasteiger partial charge is 0.185 e. The van der Waals surface area contributed by atoms with Crippen LogP contribution in [0.3, 0.4) is 0 Å². The number of allylic oxidation sites excluding steroid dienone is 1. The van der Waals surface area contributed by atoms with Gasteiger partial charge < -0.3 is 0 Å². The van der Waals surface area contributed by atoms with E-state index in [0.29, 0.717) is 20.1 Å². The van der Waals surface area contributed by atoms with E-state index in [4.69, 9.17) is 23.2 Å². The molecule has 1 aromatic heterocycles. The molecule has 2 aromatic rings. The van der Waals surface area contributed by atoms with Gasteiger partial charge in [0.25, 0.3) is 0 Å². The van der Waals surface area contributed by atoms with Crippen molar-refractivity contribution in [2.75, 3.05) is 0 Å². The SMILES string of the molecule is O=C(/C=C/c1sc(Cl)nc1Cl)c1ccc(Br)cc1. The van der Waals surface area contributed by atoms with E-state index in [1.54, 1.807) is 18.2 Å². The number of benzene rings is 1. The fourth-order valence-corrected chi connectivity index (χ4v) is 2.79. The lowest BCUT2D eigenvalue weighted by Crippen LogP contribution is -1.92. The predicted octanol–water partition coefficient (Wildman–Crippen LogP) is 5.11. The molecule has 0 fully saturated rings. The first-order chi connectivity index (χ1) is 8.56. The summed E-state index contributed by atoms with van der Waals surface area (Å²) in [5.41, 5.74) is 0.612. The van der Waals surface area contributed by atoms with Gasteiger partial charge in [-0.2, -0.15) is 0 Å². The van der Waals surface area contributed by atoms with Gasteiger partial charge in [0.15, 0.2) is 10.3 Å². The second-order valence-corrected chi connectivity index (χ2v) is 6.21. The van der Waals surface area contributed by atoms with E-state index < -0.39 is 0 Å². The zero-order valence-corrected chi connectivity index (χ0v) is 12.8. The Morgan fingerprint density at radius 2 is 1.94 bits per heavy atom. The zero-order chi connectivity index (χ0) is 13.1. The topological polar surface area (TPSA) is 30.0 Å². The first-order valence-corrected chi connectivity index (χ1v) is 7.22. The van der Waals surface area contributed by atoms with E-state index in [1.165, 1.54) is 17.4 Å². The summed E-state index contributed by atoms with van der Waals surface area (Å²) >= 11 is 16.1. The maximum absolute atomic E-state index is 11.9. The number of nitrogens with zero attached hydrogens (tertiary/aromatic N) is 1. The highest BCUT2D eigenvalue weighted by atomic mass is 79.9. The summed E-state index contributed by atoms with van der Waals surface area (Å²) in [7, 11) is 0. The molecule has 0 aliphatic carbocycles. The third kappa shape index (κ3) is 3.42. The molecule has 92 valence electrons. The van der Waals surface area contributed by atoms with Gasteiger partial charge in [0, 0.05) is 10.0 Å². The minimum atomic E-state index is -0.0944. The lowest BCUT2D eigenvalue weighted by atomic mass is 10.1. The molecule has 0 aliphatic rings. The van der Waals surface area contributed by atoms with Crippen LogP contribution in [-0.2, 0) is 0 Å². The molecule has 1 aromatic carbocycles. The van der Waals surface area contributed by atoms with Gasteiger partial charge in [0.05, 0.1) is 4.88 Å². The van der Waals surface area contributed by atoms with Crippen LogP contribution in [-0.4, -0.2) is 10.8 Å². The Morgan fingerprint density at radius 1 is 1.28 bits per heavy atom. The van der Waals surface area contributed by atoms with Crippen molar-refractivity contribution in [1.82, 2.24) is 4.98 Å².